The Balaban J connectivity index is 1.15. The van der Waals surface area contributed by atoms with Gasteiger partial charge in [-0.15, -0.1) is 0 Å². The third-order valence-corrected chi connectivity index (χ3v) is 16.8. The number of nitrogens with zero attached hydrogens (tertiary/aromatic N) is 2. The van der Waals surface area contributed by atoms with Crippen LogP contribution in [0.2, 0.25) is 0 Å². The molecule has 0 bridgehead atoms. The monoisotopic (exact) mass is 1000 g/mol. The van der Waals surface area contributed by atoms with Crippen molar-refractivity contribution in [2.24, 2.45) is 0 Å². The lowest BCUT2D eigenvalue weighted by Crippen LogP contribution is -2.62. The first-order valence-corrected chi connectivity index (χ1v) is 27.7. The quantitative estimate of drug-likeness (QED) is 0.144. The van der Waals surface area contributed by atoms with Crippen LogP contribution in [-0.2, 0) is 10.8 Å². The van der Waals surface area contributed by atoms with Gasteiger partial charge in [-0.3, -0.25) is 0 Å². The fraction of sp³-hybridized carbons (Fsp3) is 0.120. The summed E-state index contributed by atoms with van der Waals surface area (Å²) in [7, 11) is 0. The molecule has 0 saturated heterocycles. The molecule has 0 radical (unpaired) electrons. The van der Waals surface area contributed by atoms with Gasteiger partial charge in [-0.2, -0.15) is 0 Å². The van der Waals surface area contributed by atoms with E-state index < -0.39 is 0 Å². The lowest BCUT2D eigenvalue weighted by molar-refractivity contribution is 0.590. The van der Waals surface area contributed by atoms with Crippen LogP contribution in [0, 0.1) is 0 Å². The molecular formula is C75H61BN2. The summed E-state index contributed by atoms with van der Waals surface area (Å²) in [5, 5.41) is 2.49. The van der Waals surface area contributed by atoms with Crippen molar-refractivity contribution in [2.75, 3.05) is 4.90 Å². The molecule has 0 amide bonds. The van der Waals surface area contributed by atoms with Crippen molar-refractivity contribution in [3.8, 4) is 50.2 Å². The Hall–Kier alpha value is -8.92. The maximum absolute atomic E-state index is 2.64. The molecule has 78 heavy (non-hydrogen) atoms. The SMILES string of the molecule is CC(C)(C)c1ccc2c(c1)B1c3cc(C(C)(C)C)ccc3N(c3cc(-c4ccccc4)cc(-c4ccccc4)c3)c3cc(-n4c5ccccc5c5ccccc54)cc(c31)C2c1cc(-c2ccccc2)cc(-c2ccccc2)c1. The molecule has 1 atom stereocenters. The van der Waals surface area contributed by atoms with Gasteiger partial charge in [0.1, 0.15) is 0 Å². The van der Waals surface area contributed by atoms with Gasteiger partial charge < -0.3 is 9.47 Å². The number of para-hydroxylation sites is 2. The molecule has 1 unspecified atom stereocenters. The second kappa shape index (κ2) is 18.4. The van der Waals surface area contributed by atoms with Crippen LogP contribution in [0.4, 0.5) is 17.1 Å². The maximum atomic E-state index is 2.64. The molecule has 0 N–H and O–H groups in total. The number of rotatable bonds is 7. The molecule has 0 saturated carbocycles. The molecule has 0 aliphatic carbocycles. The minimum atomic E-state index is -0.122. The summed E-state index contributed by atoms with van der Waals surface area (Å²) in [4.78, 5) is 2.64. The maximum Gasteiger partial charge on any atom is 0.247 e. The summed E-state index contributed by atoms with van der Waals surface area (Å²) in [5.74, 6) is -0.122. The molecule has 0 fully saturated rings. The van der Waals surface area contributed by atoms with Crippen LogP contribution >= 0.6 is 0 Å². The Morgan fingerprint density at radius 3 is 1.26 bits per heavy atom. The van der Waals surface area contributed by atoms with Gasteiger partial charge in [-0.1, -0.05) is 247 Å². The van der Waals surface area contributed by atoms with Crippen LogP contribution in [0.1, 0.15) is 75.3 Å². The Kier molecular flexibility index (Phi) is 11.2. The molecule has 11 aromatic carbocycles. The fourth-order valence-corrected chi connectivity index (χ4v) is 12.9. The van der Waals surface area contributed by atoms with E-state index in [-0.39, 0.29) is 23.5 Å². The Morgan fingerprint density at radius 2 is 0.769 bits per heavy atom. The summed E-state index contributed by atoms with van der Waals surface area (Å²) >= 11 is 0. The molecule has 0 spiro atoms. The first kappa shape index (κ1) is 47.5. The fourth-order valence-electron chi connectivity index (χ4n) is 12.9. The first-order chi connectivity index (χ1) is 37.9. The van der Waals surface area contributed by atoms with Gasteiger partial charge in [0.25, 0.3) is 0 Å². The average Bonchev–Trinajstić information content (AvgIpc) is 3.84. The highest BCUT2D eigenvalue weighted by Gasteiger charge is 2.45. The molecule has 2 aliphatic heterocycles. The summed E-state index contributed by atoms with van der Waals surface area (Å²) in [6, 6.07) is 96.4. The number of aromatic nitrogens is 1. The zero-order valence-corrected chi connectivity index (χ0v) is 45.3. The second-order valence-electron chi connectivity index (χ2n) is 23.7. The van der Waals surface area contributed by atoms with Gasteiger partial charge >= 0.3 is 0 Å². The van der Waals surface area contributed by atoms with Crippen LogP contribution in [0.3, 0.4) is 0 Å². The van der Waals surface area contributed by atoms with Crippen LogP contribution in [0.15, 0.2) is 255 Å². The van der Waals surface area contributed by atoms with E-state index in [1.54, 1.807) is 0 Å². The van der Waals surface area contributed by atoms with Crippen LogP contribution in [0.25, 0.3) is 72.0 Å². The zero-order chi connectivity index (χ0) is 52.9. The predicted octanol–water partition coefficient (Wildman–Crippen LogP) is 17.8. The molecule has 3 heterocycles. The molecule has 2 nitrogen and oxygen atoms in total. The molecule has 374 valence electrons. The highest BCUT2D eigenvalue weighted by molar-refractivity contribution is 6.99. The van der Waals surface area contributed by atoms with Crippen LogP contribution < -0.4 is 21.3 Å². The highest BCUT2D eigenvalue weighted by Crippen LogP contribution is 2.48. The highest BCUT2D eigenvalue weighted by atomic mass is 15.2. The van der Waals surface area contributed by atoms with Gasteiger partial charge in [-0.05, 0) is 149 Å². The molecule has 3 heteroatoms. The third-order valence-electron chi connectivity index (χ3n) is 16.8. The summed E-state index contributed by atoms with van der Waals surface area (Å²) in [6.07, 6.45) is 0. The van der Waals surface area contributed by atoms with E-state index in [0.717, 1.165) is 11.4 Å². The van der Waals surface area contributed by atoms with E-state index in [1.807, 2.05) is 0 Å². The van der Waals surface area contributed by atoms with Gasteiger partial charge in [0.2, 0.25) is 6.71 Å². The number of benzene rings is 11. The summed E-state index contributed by atoms with van der Waals surface area (Å²) in [6.45, 7) is 14.1. The number of hydrogen-bond acceptors (Lipinski definition) is 1. The normalized spacial score (nSPS) is 13.8. The first-order valence-electron chi connectivity index (χ1n) is 27.7. The molecule has 14 rings (SSSR count). The minimum Gasteiger partial charge on any atom is -0.311 e. The van der Waals surface area contributed by atoms with E-state index in [1.165, 1.54) is 122 Å². The predicted molar refractivity (Wildman–Crippen MR) is 333 cm³/mol. The Morgan fingerprint density at radius 1 is 0.333 bits per heavy atom. The van der Waals surface area contributed by atoms with E-state index >= 15 is 0 Å². The zero-order valence-electron chi connectivity index (χ0n) is 45.3. The molecule has 12 aromatic rings. The molecular weight excluding hydrogens is 940 g/mol. The van der Waals surface area contributed by atoms with E-state index in [0.29, 0.717) is 0 Å². The average molecular weight is 1000 g/mol. The van der Waals surface area contributed by atoms with Crippen molar-refractivity contribution in [1.82, 2.24) is 4.57 Å². The van der Waals surface area contributed by atoms with E-state index in [4.69, 9.17) is 0 Å². The smallest absolute Gasteiger partial charge is 0.247 e. The number of hydrogen-bond donors (Lipinski definition) is 0. The van der Waals surface area contributed by atoms with Crippen molar-refractivity contribution in [1.29, 1.82) is 0 Å². The van der Waals surface area contributed by atoms with E-state index in [9.17, 15) is 0 Å². The minimum absolute atomic E-state index is 0.0545. The lowest BCUT2D eigenvalue weighted by Gasteiger charge is -2.44. The molecule has 2 aliphatic rings. The summed E-state index contributed by atoms with van der Waals surface area (Å²) < 4.78 is 2.54. The standard InChI is InChI=1S/C75H61BN2/c1-74(2,3)58-35-37-64-66(45-58)76-67-46-59(75(4,5)6)36-38-70(67)78(60-43-55(51-27-15-9-16-28-51)40-56(44-60)52-29-17-10-18-30-52)71-48-61(77-68-33-21-19-31-62(68)63-32-20-22-34-69(63)77)47-65(73(71)76)72(64)57-41-53(49-23-11-7-12-24-49)39-54(42-57)50-25-13-8-14-26-50/h7-48,72H,1-6H3. The summed E-state index contributed by atoms with van der Waals surface area (Å²) in [5.41, 5.74) is 27.2. The van der Waals surface area contributed by atoms with E-state index in [2.05, 4.69) is 306 Å². The van der Waals surface area contributed by atoms with Crippen molar-refractivity contribution in [3.63, 3.8) is 0 Å². The molecule has 1 aromatic heterocycles. The number of anilines is 3. The van der Waals surface area contributed by atoms with Gasteiger partial charge in [0, 0.05) is 39.4 Å². The Labute approximate surface area is 460 Å². The largest absolute Gasteiger partial charge is 0.311 e. The van der Waals surface area contributed by atoms with Crippen LogP contribution in [-0.4, -0.2) is 11.3 Å². The van der Waals surface area contributed by atoms with Crippen molar-refractivity contribution in [3.05, 3.63) is 283 Å². The Bertz CT molecular complexity index is 3890. The van der Waals surface area contributed by atoms with Crippen molar-refractivity contribution < 1.29 is 0 Å². The van der Waals surface area contributed by atoms with Gasteiger partial charge in [0.15, 0.2) is 0 Å². The topological polar surface area (TPSA) is 8.17 Å². The van der Waals surface area contributed by atoms with Gasteiger partial charge in [-0.25, -0.2) is 0 Å². The third kappa shape index (κ3) is 8.02. The van der Waals surface area contributed by atoms with Crippen molar-refractivity contribution in [2.45, 2.75) is 58.3 Å². The number of fused-ring (bicyclic) bond motifs is 7. The van der Waals surface area contributed by atoms with Crippen molar-refractivity contribution >= 4 is 62.0 Å². The van der Waals surface area contributed by atoms with Gasteiger partial charge in [0.05, 0.1) is 11.0 Å². The lowest BCUT2D eigenvalue weighted by atomic mass is 9.30. The second-order valence-corrected chi connectivity index (χ2v) is 23.7. The van der Waals surface area contributed by atoms with Crippen LogP contribution in [0.5, 0.6) is 0 Å².